The minimum absolute atomic E-state index is 0.630. The normalized spacial score (nSPS) is 12.3. The number of nitrogens with two attached hydrogens (primary N) is 3. The Labute approximate surface area is 201 Å². The molecule has 0 aliphatic carbocycles. The highest BCUT2D eigenvalue weighted by Crippen LogP contribution is 2.26. The molecule has 0 spiro atoms. The molecule has 0 saturated carbocycles. The highest BCUT2D eigenvalue weighted by molar-refractivity contribution is 6.38. The lowest BCUT2D eigenvalue weighted by Gasteiger charge is -2.16. The fourth-order valence-electron chi connectivity index (χ4n) is 3.62. The molecule has 7 heteroatoms. The first-order valence-corrected chi connectivity index (χ1v) is 11.5. The fourth-order valence-corrected chi connectivity index (χ4v) is 3.62. The van der Waals surface area contributed by atoms with Gasteiger partial charge in [0.15, 0.2) is 0 Å². The van der Waals surface area contributed by atoms with Crippen LogP contribution in [0.2, 0.25) is 0 Å². The van der Waals surface area contributed by atoms with Crippen molar-refractivity contribution in [1.29, 1.82) is 0 Å². The number of nitrogens with zero attached hydrogens (tertiary/aromatic N) is 4. The van der Waals surface area contributed by atoms with Crippen molar-refractivity contribution in [1.82, 2.24) is 9.99 Å². The predicted molar refractivity (Wildman–Crippen MR) is 142 cm³/mol. The molecule has 3 rings (SSSR count). The Bertz CT molecular complexity index is 1090. The Morgan fingerprint density at radius 2 is 1.68 bits per heavy atom. The zero-order valence-corrected chi connectivity index (χ0v) is 19.4. The number of hydrogen-bond donors (Lipinski definition) is 3. The molecular weight excluding hydrogens is 422 g/mol. The number of unbranched alkanes of at least 4 members (excludes halogenated alkanes) is 3. The van der Waals surface area contributed by atoms with Crippen molar-refractivity contribution in [3.8, 4) is 11.1 Å². The van der Waals surface area contributed by atoms with Crippen LogP contribution in [0.3, 0.4) is 0 Å². The SMILES string of the molecule is NN=C(C=NCCCCCCN(N)/C=C(\N)c1ccccc1-c1ccccc1)c1cccnc1. The van der Waals surface area contributed by atoms with Gasteiger partial charge in [0, 0.05) is 49.0 Å². The molecule has 0 saturated heterocycles. The van der Waals surface area contributed by atoms with E-state index in [-0.39, 0.29) is 0 Å². The number of rotatable bonds is 12. The third-order valence-corrected chi connectivity index (χ3v) is 5.39. The molecule has 7 nitrogen and oxygen atoms in total. The summed E-state index contributed by atoms with van der Waals surface area (Å²) in [4.78, 5) is 8.51. The molecule has 0 amide bonds. The topological polar surface area (TPSA) is 119 Å². The minimum Gasteiger partial charge on any atom is -0.397 e. The zero-order valence-electron chi connectivity index (χ0n) is 19.4. The predicted octanol–water partition coefficient (Wildman–Crippen LogP) is 4.18. The van der Waals surface area contributed by atoms with Crippen molar-refractivity contribution in [3.05, 3.63) is 96.5 Å². The summed E-state index contributed by atoms with van der Waals surface area (Å²) in [5.41, 5.74) is 11.7. The van der Waals surface area contributed by atoms with Gasteiger partial charge in [0.25, 0.3) is 0 Å². The van der Waals surface area contributed by atoms with Crippen molar-refractivity contribution in [3.63, 3.8) is 0 Å². The van der Waals surface area contributed by atoms with Crippen LogP contribution in [0.4, 0.5) is 0 Å². The second-order valence-electron chi connectivity index (χ2n) is 7.94. The van der Waals surface area contributed by atoms with Gasteiger partial charge in [-0.1, -0.05) is 67.4 Å². The smallest absolute Gasteiger partial charge is 0.109 e. The zero-order chi connectivity index (χ0) is 24.0. The number of hydrogen-bond acceptors (Lipinski definition) is 7. The van der Waals surface area contributed by atoms with Crippen molar-refractivity contribution in [2.45, 2.75) is 25.7 Å². The van der Waals surface area contributed by atoms with Crippen molar-refractivity contribution in [2.75, 3.05) is 13.1 Å². The van der Waals surface area contributed by atoms with E-state index in [9.17, 15) is 0 Å². The Kier molecular flexibility index (Phi) is 9.83. The second-order valence-corrected chi connectivity index (χ2v) is 7.94. The van der Waals surface area contributed by atoms with Gasteiger partial charge in [-0.15, -0.1) is 0 Å². The summed E-state index contributed by atoms with van der Waals surface area (Å²) in [7, 11) is 0. The molecule has 0 aliphatic heterocycles. The largest absolute Gasteiger partial charge is 0.397 e. The molecule has 0 fully saturated rings. The quantitative estimate of drug-likeness (QED) is 0.164. The third kappa shape index (κ3) is 7.56. The van der Waals surface area contributed by atoms with Gasteiger partial charge >= 0.3 is 0 Å². The Morgan fingerprint density at radius 1 is 0.912 bits per heavy atom. The van der Waals surface area contributed by atoms with Crippen molar-refractivity contribution < 1.29 is 0 Å². The van der Waals surface area contributed by atoms with Gasteiger partial charge < -0.3 is 16.6 Å². The fraction of sp³-hybridized carbons (Fsp3) is 0.222. The minimum atomic E-state index is 0.630. The van der Waals surface area contributed by atoms with Crippen LogP contribution < -0.4 is 17.4 Å². The van der Waals surface area contributed by atoms with Gasteiger partial charge in [-0.05, 0) is 36.1 Å². The molecule has 3 aromatic rings. The lowest BCUT2D eigenvalue weighted by Crippen LogP contribution is -2.27. The van der Waals surface area contributed by atoms with Crippen LogP contribution in [0.25, 0.3) is 16.8 Å². The molecule has 1 aromatic heterocycles. The standard InChI is InChI=1S/C27H33N7/c28-26(25-15-7-6-14-24(25)22-11-4-3-5-12-22)21-34(30)18-9-2-1-8-16-32-20-27(33-29)23-13-10-17-31-19-23/h3-7,10-15,17,19-21H,1-2,8-9,16,18,28-30H2/b26-21-,32-20?,33-27?. The van der Waals surface area contributed by atoms with E-state index in [1.165, 1.54) is 0 Å². The van der Waals surface area contributed by atoms with Crippen LogP contribution in [0.1, 0.15) is 36.8 Å². The Hall–Kier alpha value is -3.97. The van der Waals surface area contributed by atoms with Gasteiger partial charge in [-0.2, -0.15) is 5.10 Å². The van der Waals surface area contributed by atoms with Gasteiger partial charge in [0.2, 0.25) is 0 Å². The number of hydrazine groups is 1. The van der Waals surface area contributed by atoms with Crippen LogP contribution in [0.15, 0.2) is 95.4 Å². The van der Waals surface area contributed by atoms with Crippen LogP contribution in [-0.4, -0.2) is 35.0 Å². The third-order valence-electron chi connectivity index (χ3n) is 5.39. The molecule has 34 heavy (non-hydrogen) atoms. The maximum atomic E-state index is 6.40. The van der Waals surface area contributed by atoms with E-state index >= 15 is 0 Å². The van der Waals surface area contributed by atoms with Crippen LogP contribution in [-0.2, 0) is 0 Å². The van der Waals surface area contributed by atoms with E-state index in [0.29, 0.717) is 11.4 Å². The average Bonchev–Trinajstić information content (AvgIpc) is 2.89. The first-order valence-electron chi connectivity index (χ1n) is 11.5. The summed E-state index contributed by atoms with van der Waals surface area (Å²) in [6.07, 6.45) is 11.1. The lowest BCUT2D eigenvalue weighted by atomic mass is 9.98. The molecular formula is C27H33N7. The molecule has 2 aromatic carbocycles. The Balaban J connectivity index is 1.40. The summed E-state index contributed by atoms with van der Waals surface area (Å²) in [6.45, 7) is 1.47. The van der Waals surface area contributed by atoms with Crippen LogP contribution >= 0.6 is 0 Å². The van der Waals surface area contributed by atoms with Crippen molar-refractivity contribution >= 4 is 17.6 Å². The summed E-state index contributed by atoms with van der Waals surface area (Å²) >= 11 is 0. The lowest BCUT2D eigenvalue weighted by molar-refractivity contribution is 0.378. The van der Waals surface area contributed by atoms with E-state index in [2.05, 4.69) is 33.3 Å². The van der Waals surface area contributed by atoms with Crippen LogP contribution in [0, 0.1) is 0 Å². The maximum Gasteiger partial charge on any atom is 0.109 e. The highest BCUT2D eigenvalue weighted by Gasteiger charge is 2.07. The van der Waals surface area contributed by atoms with Gasteiger partial charge in [0.05, 0.1) is 5.70 Å². The van der Waals surface area contributed by atoms with Crippen LogP contribution in [0.5, 0.6) is 0 Å². The highest BCUT2D eigenvalue weighted by atomic mass is 15.4. The monoisotopic (exact) mass is 455 g/mol. The molecule has 0 bridgehead atoms. The molecule has 6 N–H and O–H groups in total. The molecule has 0 atom stereocenters. The summed E-state index contributed by atoms with van der Waals surface area (Å²) in [5, 5.41) is 5.46. The number of aromatic nitrogens is 1. The molecule has 176 valence electrons. The molecule has 0 aliphatic rings. The summed E-state index contributed by atoms with van der Waals surface area (Å²) in [6, 6.07) is 22.1. The van der Waals surface area contributed by atoms with E-state index < -0.39 is 0 Å². The second kappa shape index (κ2) is 13.5. The first-order chi connectivity index (χ1) is 16.7. The number of pyridine rings is 1. The molecule has 0 radical (unpaired) electrons. The number of hydrazone groups is 1. The van der Waals surface area contributed by atoms with Crippen molar-refractivity contribution in [2.24, 2.45) is 27.5 Å². The summed E-state index contributed by atoms with van der Waals surface area (Å²) < 4.78 is 0. The number of aliphatic imine (C=N–C) groups is 1. The van der Waals surface area contributed by atoms with Gasteiger partial charge in [-0.3, -0.25) is 9.98 Å². The van der Waals surface area contributed by atoms with E-state index in [0.717, 1.165) is 61.0 Å². The average molecular weight is 456 g/mol. The molecule has 0 unspecified atom stereocenters. The first kappa shape index (κ1) is 24.7. The molecule has 1 heterocycles. The summed E-state index contributed by atoms with van der Waals surface area (Å²) in [5.74, 6) is 11.7. The van der Waals surface area contributed by atoms with Gasteiger partial charge in [0.1, 0.15) is 5.71 Å². The van der Waals surface area contributed by atoms with E-state index in [4.69, 9.17) is 17.4 Å². The van der Waals surface area contributed by atoms with E-state index in [1.807, 2.05) is 54.7 Å². The maximum absolute atomic E-state index is 6.40. The number of benzene rings is 2. The van der Waals surface area contributed by atoms with Gasteiger partial charge in [-0.25, -0.2) is 5.84 Å². The Morgan fingerprint density at radius 3 is 2.44 bits per heavy atom. The van der Waals surface area contributed by atoms with E-state index in [1.54, 1.807) is 23.6 Å².